The van der Waals surface area contributed by atoms with Crippen LogP contribution in [0.3, 0.4) is 0 Å². The zero-order valence-corrected chi connectivity index (χ0v) is 14.6. The molecule has 2 N–H and O–H groups in total. The van der Waals surface area contributed by atoms with Crippen LogP contribution in [-0.4, -0.2) is 27.5 Å². The van der Waals surface area contributed by atoms with Crippen LogP contribution in [-0.2, 0) is 23.4 Å². The quantitative estimate of drug-likeness (QED) is 0.559. The van der Waals surface area contributed by atoms with Crippen molar-refractivity contribution in [2.45, 2.75) is 6.42 Å². The molecule has 0 aromatic heterocycles. The van der Waals surface area contributed by atoms with Gasteiger partial charge in [-0.25, -0.2) is 0 Å². The van der Waals surface area contributed by atoms with E-state index in [0.29, 0.717) is 5.69 Å². The van der Waals surface area contributed by atoms with Crippen molar-refractivity contribution in [3.8, 4) is 0 Å². The van der Waals surface area contributed by atoms with Crippen LogP contribution < -0.4 is 5.32 Å². The Morgan fingerprint density at radius 1 is 1.00 bits per heavy atom. The van der Waals surface area contributed by atoms with E-state index in [4.69, 9.17) is 5.11 Å². The number of carboxylic acid groups (broad SMARTS) is 1. The SMILES string of the molecule is O=C(O)CCNc1ccccc1[N+](=O)[O-].O=[N+]([O-])c1ccccc1F.[V]. The van der Waals surface area contributed by atoms with Crippen LogP contribution in [0.15, 0.2) is 48.5 Å². The predicted octanol–water partition coefficient (Wildman–Crippen LogP) is 3.21. The van der Waals surface area contributed by atoms with Gasteiger partial charge in [0, 0.05) is 37.2 Å². The molecule has 0 aliphatic rings. The number of anilines is 1. The van der Waals surface area contributed by atoms with Crippen molar-refractivity contribution in [2.75, 3.05) is 11.9 Å². The van der Waals surface area contributed by atoms with Crippen LogP contribution in [0.1, 0.15) is 6.42 Å². The molecule has 0 saturated carbocycles. The number of carboxylic acids is 1. The monoisotopic (exact) mass is 402 g/mol. The Labute approximate surface area is 159 Å². The molecule has 11 heteroatoms. The van der Waals surface area contributed by atoms with Crippen molar-refractivity contribution in [2.24, 2.45) is 0 Å². The summed E-state index contributed by atoms with van der Waals surface area (Å²) in [6.45, 7) is 0.167. The molecule has 0 spiro atoms. The van der Waals surface area contributed by atoms with Crippen LogP contribution in [0, 0.1) is 26.0 Å². The zero-order valence-electron chi connectivity index (χ0n) is 13.2. The topological polar surface area (TPSA) is 136 Å². The summed E-state index contributed by atoms with van der Waals surface area (Å²) < 4.78 is 12.4. The fraction of sp³-hybridized carbons (Fsp3) is 0.133. The number of aliphatic carboxylic acids is 1. The number of carbonyl (C=O) groups is 1. The van der Waals surface area contributed by atoms with E-state index in [9.17, 15) is 29.4 Å². The zero-order chi connectivity index (χ0) is 18.8. The van der Waals surface area contributed by atoms with E-state index in [2.05, 4.69) is 5.32 Å². The molecule has 26 heavy (non-hydrogen) atoms. The molecule has 2 aromatic carbocycles. The predicted molar refractivity (Wildman–Crippen MR) is 86.9 cm³/mol. The van der Waals surface area contributed by atoms with Gasteiger partial charge in [0.05, 0.1) is 16.3 Å². The van der Waals surface area contributed by atoms with Gasteiger partial charge in [0.2, 0.25) is 5.82 Å². The Balaban J connectivity index is 0.000000497. The molecular formula is C15H14FN3O6V. The summed E-state index contributed by atoms with van der Waals surface area (Å²) in [4.78, 5) is 29.5. The van der Waals surface area contributed by atoms with Crippen molar-refractivity contribution in [3.05, 3.63) is 74.6 Å². The van der Waals surface area contributed by atoms with Gasteiger partial charge in [-0.3, -0.25) is 25.0 Å². The molecule has 0 heterocycles. The summed E-state index contributed by atoms with van der Waals surface area (Å²) in [5, 5.41) is 31.7. The number of nitrogens with zero attached hydrogens (tertiary/aromatic N) is 2. The molecule has 0 saturated heterocycles. The number of rotatable bonds is 6. The average Bonchev–Trinajstić information content (AvgIpc) is 2.55. The van der Waals surface area contributed by atoms with Gasteiger partial charge in [0.15, 0.2) is 0 Å². The average molecular weight is 402 g/mol. The van der Waals surface area contributed by atoms with Crippen molar-refractivity contribution in [1.82, 2.24) is 0 Å². The Morgan fingerprint density at radius 3 is 1.96 bits per heavy atom. The third-order valence-corrected chi connectivity index (χ3v) is 2.80. The van der Waals surface area contributed by atoms with E-state index < -0.39 is 27.3 Å². The number of halogens is 1. The van der Waals surface area contributed by atoms with E-state index in [-0.39, 0.29) is 37.2 Å². The molecule has 0 fully saturated rings. The van der Waals surface area contributed by atoms with Crippen LogP contribution in [0.4, 0.5) is 21.5 Å². The van der Waals surface area contributed by atoms with Crippen molar-refractivity contribution in [3.63, 3.8) is 0 Å². The molecule has 0 aliphatic heterocycles. The van der Waals surface area contributed by atoms with E-state index in [1.165, 1.54) is 18.2 Å². The van der Waals surface area contributed by atoms with E-state index >= 15 is 0 Å². The third kappa shape index (κ3) is 7.73. The largest absolute Gasteiger partial charge is 0.481 e. The minimum absolute atomic E-state index is 0. The Bertz CT molecular complexity index is 775. The second-order valence-electron chi connectivity index (χ2n) is 4.55. The molecular weight excluding hydrogens is 388 g/mol. The first-order chi connectivity index (χ1) is 11.8. The van der Waals surface area contributed by atoms with Gasteiger partial charge in [-0.2, -0.15) is 4.39 Å². The van der Waals surface area contributed by atoms with Gasteiger partial charge in [-0.1, -0.05) is 24.3 Å². The molecule has 9 nitrogen and oxygen atoms in total. The molecule has 2 rings (SSSR count). The third-order valence-electron chi connectivity index (χ3n) is 2.80. The first kappa shape index (κ1) is 23.0. The normalized spacial score (nSPS) is 9.12. The van der Waals surface area contributed by atoms with Crippen molar-refractivity contribution >= 4 is 23.0 Å². The Kier molecular flexibility index (Phi) is 10.2. The van der Waals surface area contributed by atoms with Gasteiger partial charge in [-0.15, -0.1) is 0 Å². The van der Waals surface area contributed by atoms with Crippen molar-refractivity contribution < 1.29 is 42.7 Å². The molecule has 0 bridgehead atoms. The number of nitro benzene ring substituents is 2. The molecule has 0 aliphatic carbocycles. The second-order valence-corrected chi connectivity index (χ2v) is 4.55. The van der Waals surface area contributed by atoms with Crippen LogP contribution in [0.5, 0.6) is 0 Å². The van der Waals surface area contributed by atoms with Gasteiger partial charge in [-0.05, 0) is 12.1 Å². The number of nitrogens with one attached hydrogen (secondary N) is 1. The van der Waals surface area contributed by atoms with Gasteiger partial charge < -0.3 is 10.4 Å². The minimum Gasteiger partial charge on any atom is -0.481 e. The fourth-order valence-electron chi connectivity index (χ4n) is 1.69. The van der Waals surface area contributed by atoms with Crippen molar-refractivity contribution in [1.29, 1.82) is 0 Å². The minimum atomic E-state index is -0.943. The summed E-state index contributed by atoms with van der Waals surface area (Å²) in [7, 11) is 0. The van der Waals surface area contributed by atoms with Gasteiger partial charge >= 0.3 is 11.7 Å². The van der Waals surface area contributed by atoms with E-state index in [0.717, 1.165) is 12.1 Å². The van der Waals surface area contributed by atoms with E-state index in [1.54, 1.807) is 18.2 Å². The van der Waals surface area contributed by atoms with Crippen LogP contribution in [0.2, 0.25) is 0 Å². The first-order valence-corrected chi connectivity index (χ1v) is 6.91. The fourth-order valence-corrected chi connectivity index (χ4v) is 1.69. The smallest absolute Gasteiger partial charge is 0.305 e. The Morgan fingerprint density at radius 2 is 1.50 bits per heavy atom. The van der Waals surface area contributed by atoms with Gasteiger partial charge in [0.1, 0.15) is 5.69 Å². The number of hydrogen-bond acceptors (Lipinski definition) is 6. The number of hydrogen-bond donors (Lipinski definition) is 2. The number of nitro groups is 2. The van der Waals surface area contributed by atoms with Crippen LogP contribution in [0.25, 0.3) is 0 Å². The Hall–Kier alpha value is -2.98. The summed E-state index contributed by atoms with van der Waals surface area (Å²) in [5.74, 6) is -1.74. The van der Waals surface area contributed by atoms with Crippen LogP contribution >= 0.6 is 0 Å². The second kappa shape index (κ2) is 11.6. The van der Waals surface area contributed by atoms with Gasteiger partial charge in [0.25, 0.3) is 5.69 Å². The summed E-state index contributed by atoms with van der Waals surface area (Å²) in [5.41, 5.74) is -0.200. The maximum absolute atomic E-state index is 12.4. The summed E-state index contributed by atoms with van der Waals surface area (Å²) >= 11 is 0. The molecule has 1 radical (unpaired) electrons. The summed E-state index contributed by atoms with van der Waals surface area (Å²) in [6.07, 6.45) is -0.0773. The molecule has 0 amide bonds. The summed E-state index contributed by atoms with van der Waals surface area (Å²) in [6, 6.07) is 11.1. The molecule has 0 atom stereocenters. The maximum atomic E-state index is 12.4. The molecule has 0 unspecified atom stereocenters. The molecule has 2 aromatic rings. The number of benzene rings is 2. The standard InChI is InChI=1S/C9H10N2O4.C6H4FNO2.V/c12-9(13)5-6-10-7-3-1-2-4-8(7)11(14)15;7-5-3-1-2-4-6(5)8(9)10;/h1-4,10H,5-6H2,(H,12,13);1-4H;. The number of para-hydroxylation sites is 3. The van der Waals surface area contributed by atoms with E-state index in [1.807, 2.05) is 0 Å². The molecule has 137 valence electrons. The maximum Gasteiger partial charge on any atom is 0.305 e. The first-order valence-electron chi connectivity index (χ1n) is 6.91.